The third kappa shape index (κ3) is 2.69. The number of carbonyl (C=O) groups is 1. The first-order valence-electron chi connectivity index (χ1n) is 8.17. The maximum absolute atomic E-state index is 12.7. The Morgan fingerprint density at radius 1 is 1.42 bits per heavy atom. The smallest absolute Gasteiger partial charge is 0.252 e. The Bertz CT molecular complexity index is 867. The van der Waals surface area contributed by atoms with Crippen LogP contribution in [0.25, 0.3) is 10.9 Å². The zero-order valence-corrected chi connectivity index (χ0v) is 13.5. The van der Waals surface area contributed by atoms with Gasteiger partial charge in [0.15, 0.2) is 0 Å². The summed E-state index contributed by atoms with van der Waals surface area (Å²) in [6.07, 6.45) is 7.01. The molecule has 1 aromatic carbocycles. The van der Waals surface area contributed by atoms with Crippen molar-refractivity contribution in [3.8, 4) is 0 Å². The van der Waals surface area contributed by atoms with Gasteiger partial charge in [0.05, 0.1) is 18.2 Å². The first kappa shape index (κ1) is 15.0. The number of hydrogen-bond acceptors (Lipinski definition) is 3. The summed E-state index contributed by atoms with van der Waals surface area (Å²) in [6, 6.07) is 7.77. The molecule has 1 saturated heterocycles. The van der Waals surface area contributed by atoms with Crippen LogP contribution in [0.4, 0.5) is 0 Å². The Balaban J connectivity index is 1.49. The second kappa shape index (κ2) is 6.13. The van der Waals surface area contributed by atoms with Gasteiger partial charge in [-0.15, -0.1) is 0 Å². The van der Waals surface area contributed by atoms with Gasteiger partial charge in [0, 0.05) is 42.4 Å². The molecule has 3 aromatic rings. The summed E-state index contributed by atoms with van der Waals surface area (Å²) in [5, 5.41) is 4.12. The summed E-state index contributed by atoms with van der Waals surface area (Å²) < 4.78 is 7.83. The number of nitrogens with zero attached hydrogens (tertiary/aromatic N) is 2. The van der Waals surface area contributed by atoms with E-state index < -0.39 is 0 Å². The standard InChI is InChI=1S/C18H20N4O2/c1-22-11-19-10-16(22)17-9-12(6-8-24-17)21-18(23)14-3-2-4-15-13(14)5-7-20-15/h2-5,7,10-12,17,20H,6,8-9H2,1H3,(H,21,23)/t12-,17+/m1/s1. The van der Waals surface area contributed by atoms with Gasteiger partial charge < -0.3 is 19.6 Å². The molecule has 0 spiro atoms. The van der Waals surface area contributed by atoms with Crippen molar-refractivity contribution in [3.05, 3.63) is 54.2 Å². The van der Waals surface area contributed by atoms with Gasteiger partial charge in [-0.25, -0.2) is 4.98 Å². The average molecular weight is 324 g/mol. The minimum absolute atomic E-state index is 0.0281. The first-order chi connectivity index (χ1) is 11.7. The molecule has 2 atom stereocenters. The zero-order chi connectivity index (χ0) is 16.5. The molecule has 0 bridgehead atoms. The summed E-state index contributed by atoms with van der Waals surface area (Å²) in [5.74, 6) is -0.0316. The van der Waals surface area contributed by atoms with Crippen LogP contribution in [-0.4, -0.2) is 33.1 Å². The summed E-state index contributed by atoms with van der Waals surface area (Å²) in [4.78, 5) is 20.0. The van der Waals surface area contributed by atoms with Crippen LogP contribution in [0.3, 0.4) is 0 Å². The van der Waals surface area contributed by atoms with Crippen LogP contribution in [0.2, 0.25) is 0 Å². The van der Waals surface area contributed by atoms with Gasteiger partial charge in [0.25, 0.3) is 5.91 Å². The van der Waals surface area contributed by atoms with Crippen molar-refractivity contribution in [1.29, 1.82) is 0 Å². The average Bonchev–Trinajstić information content (AvgIpc) is 3.23. The SMILES string of the molecule is Cn1cncc1[C@@H]1C[C@H](NC(=O)c2cccc3[nH]ccc23)CCO1. The van der Waals surface area contributed by atoms with Crippen LogP contribution in [0.1, 0.15) is 35.0 Å². The van der Waals surface area contributed by atoms with Gasteiger partial charge in [-0.3, -0.25) is 4.79 Å². The molecule has 1 fully saturated rings. The number of nitrogens with one attached hydrogen (secondary N) is 2. The fourth-order valence-corrected chi connectivity index (χ4v) is 3.36. The predicted octanol–water partition coefficient (Wildman–Crippen LogP) is 2.55. The van der Waals surface area contributed by atoms with E-state index >= 15 is 0 Å². The van der Waals surface area contributed by atoms with Gasteiger partial charge in [0.1, 0.15) is 6.10 Å². The molecule has 4 rings (SSSR count). The number of aryl methyl sites for hydroxylation is 1. The lowest BCUT2D eigenvalue weighted by Crippen LogP contribution is -2.40. The van der Waals surface area contributed by atoms with E-state index in [1.807, 2.05) is 48.3 Å². The lowest BCUT2D eigenvalue weighted by molar-refractivity contribution is -0.00300. The topological polar surface area (TPSA) is 71.9 Å². The molecule has 6 heteroatoms. The minimum atomic E-state index is -0.0316. The maximum Gasteiger partial charge on any atom is 0.252 e. The number of aromatic nitrogens is 3. The van der Waals surface area contributed by atoms with Gasteiger partial charge in [0.2, 0.25) is 0 Å². The van der Waals surface area contributed by atoms with Crippen molar-refractivity contribution in [2.75, 3.05) is 6.61 Å². The van der Waals surface area contributed by atoms with Crippen molar-refractivity contribution < 1.29 is 9.53 Å². The highest BCUT2D eigenvalue weighted by Gasteiger charge is 2.27. The number of ether oxygens (including phenoxy) is 1. The van der Waals surface area contributed by atoms with Crippen molar-refractivity contribution in [2.45, 2.75) is 25.0 Å². The lowest BCUT2D eigenvalue weighted by Gasteiger charge is -2.30. The van der Waals surface area contributed by atoms with E-state index in [2.05, 4.69) is 15.3 Å². The highest BCUT2D eigenvalue weighted by atomic mass is 16.5. The largest absolute Gasteiger partial charge is 0.372 e. The Morgan fingerprint density at radius 3 is 3.17 bits per heavy atom. The second-order valence-electron chi connectivity index (χ2n) is 6.23. The van der Waals surface area contributed by atoms with E-state index in [0.29, 0.717) is 12.2 Å². The van der Waals surface area contributed by atoms with Gasteiger partial charge in [-0.2, -0.15) is 0 Å². The molecular formula is C18H20N4O2. The molecule has 0 radical (unpaired) electrons. The Kier molecular flexibility index (Phi) is 3.82. The van der Waals surface area contributed by atoms with Crippen molar-refractivity contribution in [3.63, 3.8) is 0 Å². The zero-order valence-electron chi connectivity index (χ0n) is 13.5. The number of aromatic amines is 1. The molecule has 1 amide bonds. The van der Waals surface area contributed by atoms with Crippen LogP contribution in [0.15, 0.2) is 43.0 Å². The van der Waals surface area contributed by atoms with Crippen LogP contribution in [-0.2, 0) is 11.8 Å². The minimum Gasteiger partial charge on any atom is -0.372 e. The molecule has 2 N–H and O–H groups in total. The molecule has 0 unspecified atom stereocenters. The Labute approximate surface area is 139 Å². The molecule has 6 nitrogen and oxygen atoms in total. The van der Waals surface area contributed by atoms with Gasteiger partial charge in [-0.1, -0.05) is 6.07 Å². The number of fused-ring (bicyclic) bond motifs is 1. The van der Waals surface area contributed by atoms with Gasteiger partial charge in [-0.05, 0) is 31.0 Å². The van der Waals surface area contributed by atoms with E-state index in [1.165, 1.54) is 0 Å². The van der Waals surface area contributed by atoms with Crippen molar-refractivity contribution in [2.24, 2.45) is 7.05 Å². The normalized spacial score (nSPS) is 21.0. The summed E-state index contributed by atoms with van der Waals surface area (Å²) in [6.45, 7) is 0.634. The Hall–Kier alpha value is -2.60. The molecule has 3 heterocycles. The number of amides is 1. The third-order valence-electron chi connectivity index (χ3n) is 4.64. The van der Waals surface area contributed by atoms with Crippen molar-refractivity contribution >= 4 is 16.8 Å². The van der Waals surface area contributed by atoms with Crippen LogP contribution >= 0.6 is 0 Å². The number of carbonyl (C=O) groups excluding carboxylic acids is 1. The molecule has 0 saturated carbocycles. The summed E-state index contributed by atoms with van der Waals surface area (Å²) in [7, 11) is 1.96. The number of imidazole rings is 1. The van der Waals surface area contributed by atoms with E-state index in [1.54, 1.807) is 6.33 Å². The summed E-state index contributed by atoms with van der Waals surface area (Å²) in [5.41, 5.74) is 2.72. The number of H-pyrrole nitrogens is 1. The van der Waals surface area contributed by atoms with E-state index in [4.69, 9.17) is 4.74 Å². The summed E-state index contributed by atoms with van der Waals surface area (Å²) >= 11 is 0. The van der Waals surface area contributed by atoms with Gasteiger partial charge >= 0.3 is 0 Å². The van der Waals surface area contributed by atoms with Crippen LogP contribution < -0.4 is 5.32 Å². The second-order valence-corrected chi connectivity index (χ2v) is 6.23. The monoisotopic (exact) mass is 324 g/mol. The highest BCUT2D eigenvalue weighted by Crippen LogP contribution is 2.28. The van der Waals surface area contributed by atoms with E-state index in [-0.39, 0.29) is 18.1 Å². The fraction of sp³-hybridized carbons (Fsp3) is 0.333. The number of benzene rings is 1. The number of rotatable bonds is 3. The number of hydrogen-bond donors (Lipinski definition) is 2. The first-order valence-corrected chi connectivity index (χ1v) is 8.17. The third-order valence-corrected chi connectivity index (χ3v) is 4.64. The fourth-order valence-electron chi connectivity index (χ4n) is 3.36. The lowest BCUT2D eigenvalue weighted by atomic mass is 10.0. The highest BCUT2D eigenvalue weighted by molar-refractivity contribution is 6.06. The molecule has 24 heavy (non-hydrogen) atoms. The molecule has 0 aliphatic carbocycles. The van der Waals surface area contributed by atoms with Crippen molar-refractivity contribution in [1.82, 2.24) is 19.9 Å². The van der Waals surface area contributed by atoms with E-state index in [9.17, 15) is 4.79 Å². The molecule has 1 aliphatic heterocycles. The van der Waals surface area contributed by atoms with Crippen LogP contribution in [0.5, 0.6) is 0 Å². The molecule has 2 aromatic heterocycles. The van der Waals surface area contributed by atoms with Crippen LogP contribution in [0, 0.1) is 0 Å². The maximum atomic E-state index is 12.7. The van der Waals surface area contributed by atoms with E-state index in [0.717, 1.165) is 29.4 Å². The molecule has 1 aliphatic rings. The molecule has 124 valence electrons. The quantitative estimate of drug-likeness (QED) is 0.778. The Morgan fingerprint density at radius 2 is 2.33 bits per heavy atom. The predicted molar refractivity (Wildman–Crippen MR) is 90.7 cm³/mol. The molecular weight excluding hydrogens is 304 g/mol.